The summed E-state index contributed by atoms with van der Waals surface area (Å²) in [4.78, 5) is 2.15. The smallest absolute Gasteiger partial charge is 0.252 e. The molecular formula is C17H22N2O4S2. The maximum absolute atomic E-state index is 12.6. The van der Waals surface area contributed by atoms with Crippen molar-refractivity contribution in [1.82, 2.24) is 9.21 Å². The van der Waals surface area contributed by atoms with E-state index in [2.05, 4.69) is 4.90 Å². The summed E-state index contributed by atoms with van der Waals surface area (Å²) < 4.78 is 32.2. The maximum Gasteiger partial charge on any atom is 0.252 e. The molecule has 25 heavy (non-hydrogen) atoms. The van der Waals surface area contributed by atoms with E-state index in [-0.39, 0.29) is 5.75 Å². The number of sulfonamides is 1. The zero-order chi connectivity index (χ0) is 18.0. The van der Waals surface area contributed by atoms with Gasteiger partial charge in [0.25, 0.3) is 10.0 Å². The lowest BCUT2D eigenvalue weighted by Gasteiger charge is -2.33. The predicted molar refractivity (Wildman–Crippen MR) is 97.8 cm³/mol. The number of thiophene rings is 1. The van der Waals surface area contributed by atoms with Gasteiger partial charge in [-0.05, 0) is 30.0 Å². The Hall–Kier alpha value is -1.61. The van der Waals surface area contributed by atoms with E-state index < -0.39 is 10.0 Å². The van der Waals surface area contributed by atoms with Crippen LogP contribution < -0.4 is 4.74 Å². The highest BCUT2D eigenvalue weighted by atomic mass is 32.2. The number of aryl methyl sites for hydroxylation is 1. The summed E-state index contributed by atoms with van der Waals surface area (Å²) in [5.41, 5.74) is 1.81. The van der Waals surface area contributed by atoms with E-state index in [4.69, 9.17) is 4.74 Å². The number of phenols is 1. The fraction of sp³-hybridized carbons (Fsp3) is 0.412. The minimum atomic E-state index is -3.38. The van der Waals surface area contributed by atoms with Gasteiger partial charge in [-0.1, -0.05) is 12.1 Å². The molecule has 0 aliphatic carbocycles. The minimum absolute atomic E-state index is 0.154. The van der Waals surface area contributed by atoms with Crippen molar-refractivity contribution in [3.63, 3.8) is 0 Å². The Balaban J connectivity index is 1.67. The van der Waals surface area contributed by atoms with Crippen LogP contribution in [0.4, 0.5) is 0 Å². The summed E-state index contributed by atoms with van der Waals surface area (Å²) in [6, 6.07) is 7.13. The molecular weight excluding hydrogens is 360 g/mol. The van der Waals surface area contributed by atoms with Crippen LogP contribution in [0.5, 0.6) is 11.5 Å². The molecule has 1 aromatic heterocycles. The first-order valence-corrected chi connectivity index (χ1v) is 10.4. The van der Waals surface area contributed by atoms with E-state index in [0.29, 0.717) is 42.7 Å². The van der Waals surface area contributed by atoms with Crippen LogP contribution in [0.1, 0.15) is 11.1 Å². The van der Waals surface area contributed by atoms with Crippen molar-refractivity contribution in [3.05, 3.63) is 40.8 Å². The molecule has 0 unspecified atom stereocenters. The maximum atomic E-state index is 12.6. The molecule has 1 aliphatic rings. The van der Waals surface area contributed by atoms with Gasteiger partial charge in [0.05, 0.1) is 7.11 Å². The van der Waals surface area contributed by atoms with Crippen LogP contribution in [-0.4, -0.2) is 56.0 Å². The number of phenolic OH excluding ortho intramolecular Hbond substituents is 1. The number of rotatable bonds is 5. The van der Waals surface area contributed by atoms with Crippen LogP contribution in [0.15, 0.2) is 33.9 Å². The quantitative estimate of drug-likeness (QED) is 0.859. The summed E-state index contributed by atoms with van der Waals surface area (Å²) in [5, 5.41) is 12.1. The second kappa shape index (κ2) is 7.33. The third-order valence-electron chi connectivity index (χ3n) is 4.33. The van der Waals surface area contributed by atoms with E-state index in [1.165, 1.54) is 22.8 Å². The molecule has 0 radical (unpaired) electrons. The Labute approximate surface area is 152 Å². The Morgan fingerprint density at radius 2 is 1.96 bits per heavy atom. The SMILES string of the molecule is COc1cc(C)cc(CN2CCN(S(=O)(=O)c3cccs3)CC2)c1O. The number of benzene rings is 1. The lowest BCUT2D eigenvalue weighted by atomic mass is 10.1. The second-order valence-electron chi connectivity index (χ2n) is 6.09. The number of aromatic hydroxyl groups is 1. The van der Waals surface area contributed by atoms with Gasteiger partial charge in [0.15, 0.2) is 11.5 Å². The number of methoxy groups -OCH3 is 1. The topological polar surface area (TPSA) is 70.1 Å². The monoisotopic (exact) mass is 382 g/mol. The lowest BCUT2D eigenvalue weighted by molar-refractivity contribution is 0.180. The molecule has 1 saturated heterocycles. The summed E-state index contributed by atoms with van der Waals surface area (Å²) in [5.74, 6) is 0.621. The lowest BCUT2D eigenvalue weighted by Crippen LogP contribution is -2.48. The molecule has 2 heterocycles. The van der Waals surface area contributed by atoms with Crippen molar-refractivity contribution in [3.8, 4) is 11.5 Å². The van der Waals surface area contributed by atoms with Crippen molar-refractivity contribution >= 4 is 21.4 Å². The fourth-order valence-corrected chi connectivity index (χ4v) is 5.57. The van der Waals surface area contributed by atoms with Gasteiger partial charge in [-0.3, -0.25) is 4.90 Å². The molecule has 1 aromatic carbocycles. The first-order valence-electron chi connectivity index (χ1n) is 8.04. The van der Waals surface area contributed by atoms with Gasteiger partial charge in [0, 0.05) is 38.3 Å². The average Bonchev–Trinajstić information content (AvgIpc) is 3.13. The van der Waals surface area contributed by atoms with Crippen LogP contribution in [0, 0.1) is 6.92 Å². The molecule has 136 valence electrons. The van der Waals surface area contributed by atoms with Crippen LogP contribution >= 0.6 is 11.3 Å². The summed E-state index contributed by atoms with van der Waals surface area (Å²) in [7, 11) is -1.85. The number of hydrogen-bond acceptors (Lipinski definition) is 6. The highest BCUT2D eigenvalue weighted by Gasteiger charge is 2.29. The summed E-state index contributed by atoms with van der Waals surface area (Å²) in [6.07, 6.45) is 0. The molecule has 0 saturated carbocycles. The molecule has 0 amide bonds. The van der Waals surface area contributed by atoms with Crippen LogP contribution in [0.25, 0.3) is 0 Å². The number of piperazine rings is 1. The Bertz CT molecular complexity index is 827. The Morgan fingerprint density at radius 3 is 2.56 bits per heavy atom. The molecule has 8 heteroatoms. The van der Waals surface area contributed by atoms with Crippen molar-refractivity contribution in [2.24, 2.45) is 0 Å². The average molecular weight is 383 g/mol. The van der Waals surface area contributed by atoms with Gasteiger partial charge in [-0.25, -0.2) is 8.42 Å². The van der Waals surface area contributed by atoms with Crippen molar-refractivity contribution < 1.29 is 18.3 Å². The first-order chi connectivity index (χ1) is 11.9. The summed E-state index contributed by atoms with van der Waals surface area (Å²) >= 11 is 1.24. The van der Waals surface area contributed by atoms with Crippen molar-refractivity contribution in [1.29, 1.82) is 0 Å². The van der Waals surface area contributed by atoms with Crippen LogP contribution in [-0.2, 0) is 16.6 Å². The standard InChI is InChI=1S/C17H22N2O4S2/c1-13-10-14(17(20)15(11-13)23-2)12-18-5-7-19(8-6-18)25(21,22)16-4-3-9-24-16/h3-4,9-11,20H,5-8,12H2,1-2H3. The van der Waals surface area contributed by atoms with Gasteiger partial charge in [-0.2, -0.15) is 4.31 Å². The molecule has 1 aliphatic heterocycles. The van der Waals surface area contributed by atoms with Crippen molar-refractivity contribution in [2.45, 2.75) is 17.7 Å². The highest BCUT2D eigenvalue weighted by Crippen LogP contribution is 2.32. The van der Waals surface area contributed by atoms with E-state index in [0.717, 1.165) is 11.1 Å². The van der Waals surface area contributed by atoms with Gasteiger partial charge in [0.2, 0.25) is 0 Å². The molecule has 1 fully saturated rings. The zero-order valence-electron chi connectivity index (χ0n) is 14.3. The molecule has 6 nitrogen and oxygen atoms in total. The third kappa shape index (κ3) is 3.82. The first kappa shape index (κ1) is 18.2. The van der Waals surface area contributed by atoms with E-state index >= 15 is 0 Å². The van der Waals surface area contributed by atoms with Crippen LogP contribution in [0.2, 0.25) is 0 Å². The fourth-order valence-electron chi connectivity index (χ4n) is 3.00. The molecule has 3 rings (SSSR count). The van der Waals surface area contributed by atoms with Gasteiger partial charge < -0.3 is 9.84 Å². The predicted octanol–water partition coefficient (Wildman–Crippen LogP) is 2.28. The number of ether oxygens (including phenoxy) is 1. The molecule has 0 spiro atoms. The second-order valence-corrected chi connectivity index (χ2v) is 9.20. The molecule has 2 aromatic rings. The van der Waals surface area contributed by atoms with E-state index in [1.54, 1.807) is 23.6 Å². The van der Waals surface area contributed by atoms with E-state index in [1.807, 2.05) is 13.0 Å². The van der Waals surface area contributed by atoms with Gasteiger partial charge >= 0.3 is 0 Å². The summed E-state index contributed by atoms with van der Waals surface area (Å²) in [6.45, 7) is 4.67. The Morgan fingerprint density at radius 1 is 1.24 bits per heavy atom. The van der Waals surface area contributed by atoms with Gasteiger partial charge in [0.1, 0.15) is 4.21 Å². The van der Waals surface area contributed by atoms with E-state index in [9.17, 15) is 13.5 Å². The largest absolute Gasteiger partial charge is 0.504 e. The Kier molecular flexibility index (Phi) is 5.33. The minimum Gasteiger partial charge on any atom is -0.504 e. The number of nitrogens with zero attached hydrogens (tertiary/aromatic N) is 2. The number of hydrogen-bond donors (Lipinski definition) is 1. The van der Waals surface area contributed by atoms with Crippen LogP contribution in [0.3, 0.4) is 0 Å². The normalized spacial score (nSPS) is 16.9. The molecule has 0 atom stereocenters. The highest BCUT2D eigenvalue weighted by molar-refractivity contribution is 7.91. The van der Waals surface area contributed by atoms with Crippen molar-refractivity contribution in [2.75, 3.05) is 33.3 Å². The zero-order valence-corrected chi connectivity index (χ0v) is 15.9. The molecule has 1 N–H and O–H groups in total. The van der Waals surface area contributed by atoms with Gasteiger partial charge in [-0.15, -0.1) is 11.3 Å². The third-order valence-corrected chi connectivity index (χ3v) is 7.60. The molecule has 0 bridgehead atoms.